The van der Waals surface area contributed by atoms with Gasteiger partial charge in [-0.05, 0) is 18.6 Å². The van der Waals surface area contributed by atoms with Gasteiger partial charge in [-0.2, -0.15) is 5.21 Å². The Bertz CT molecular complexity index is 755. The highest BCUT2D eigenvalue weighted by atomic mass is 32.2. The normalized spacial score (nSPS) is 12.4. The second-order valence-corrected chi connectivity index (χ2v) is 7.35. The standard InChI is InChI=1S/C15H18N6OS2/c1-2-5-11(15-18-20-21-19-15)16-13(22)8-23-9-14-17-10-6-3-4-7-12(10)24-14/h3-4,6-7,11H,2,5,8-9H2,1H3,(H,16,22)(H,18,19,20,21). The van der Waals surface area contributed by atoms with Crippen LogP contribution >= 0.6 is 23.1 Å². The molecule has 9 heteroatoms. The maximum atomic E-state index is 12.2. The minimum atomic E-state index is -0.190. The molecule has 0 spiro atoms. The van der Waals surface area contributed by atoms with Crippen LogP contribution in [-0.2, 0) is 10.5 Å². The van der Waals surface area contributed by atoms with Crippen LogP contribution in [0.15, 0.2) is 24.3 Å². The number of carbonyl (C=O) groups is 1. The number of thioether (sulfide) groups is 1. The highest BCUT2D eigenvalue weighted by molar-refractivity contribution is 7.99. The van der Waals surface area contributed by atoms with Gasteiger partial charge in [0.15, 0.2) is 5.82 Å². The van der Waals surface area contributed by atoms with Crippen LogP contribution in [0, 0.1) is 0 Å². The van der Waals surface area contributed by atoms with Crippen molar-refractivity contribution in [1.29, 1.82) is 0 Å². The maximum absolute atomic E-state index is 12.2. The Labute approximate surface area is 147 Å². The lowest BCUT2D eigenvalue weighted by molar-refractivity contribution is -0.119. The van der Waals surface area contributed by atoms with Crippen LogP contribution < -0.4 is 5.32 Å². The number of aromatic nitrogens is 5. The largest absolute Gasteiger partial charge is 0.345 e. The molecule has 126 valence electrons. The van der Waals surface area contributed by atoms with E-state index in [0.717, 1.165) is 29.1 Å². The van der Waals surface area contributed by atoms with Crippen molar-refractivity contribution in [1.82, 2.24) is 30.9 Å². The van der Waals surface area contributed by atoms with E-state index in [0.29, 0.717) is 11.6 Å². The molecule has 0 fully saturated rings. The number of hydrogen-bond donors (Lipinski definition) is 2. The third kappa shape index (κ3) is 4.30. The van der Waals surface area contributed by atoms with E-state index in [1.807, 2.05) is 18.2 Å². The summed E-state index contributed by atoms with van der Waals surface area (Å²) in [5.41, 5.74) is 1.02. The summed E-state index contributed by atoms with van der Waals surface area (Å²) < 4.78 is 1.18. The number of nitrogens with one attached hydrogen (secondary N) is 2. The van der Waals surface area contributed by atoms with Gasteiger partial charge in [-0.3, -0.25) is 4.79 Å². The molecule has 0 radical (unpaired) electrons. The summed E-state index contributed by atoms with van der Waals surface area (Å²) >= 11 is 3.23. The van der Waals surface area contributed by atoms with Gasteiger partial charge in [-0.1, -0.05) is 30.7 Å². The molecule has 1 unspecified atom stereocenters. The van der Waals surface area contributed by atoms with Crippen molar-refractivity contribution in [3.63, 3.8) is 0 Å². The molecule has 3 rings (SSSR count). The van der Waals surface area contributed by atoms with Crippen LogP contribution in [0.25, 0.3) is 10.2 Å². The number of amides is 1. The van der Waals surface area contributed by atoms with Gasteiger partial charge in [0.2, 0.25) is 5.91 Å². The molecule has 0 aliphatic heterocycles. The van der Waals surface area contributed by atoms with E-state index >= 15 is 0 Å². The van der Waals surface area contributed by atoms with Crippen molar-refractivity contribution in [2.45, 2.75) is 31.6 Å². The number of H-pyrrole nitrogens is 1. The Hall–Kier alpha value is -2.00. The van der Waals surface area contributed by atoms with Gasteiger partial charge < -0.3 is 5.32 Å². The lowest BCUT2D eigenvalue weighted by atomic mass is 10.1. The number of hydrogen-bond acceptors (Lipinski definition) is 7. The van der Waals surface area contributed by atoms with E-state index < -0.39 is 0 Å². The van der Waals surface area contributed by atoms with Gasteiger partial charge in [0.25, 0.3) is 0 Å². The van der Waals surface area contributed by atoms with Crippen LogP contribution in [0.3, 0.4) is 0 Å². The lowest BCUT2D eigenvalue weighted by Gasteiger charge is -2.14. The van der Waals surface area contributed by atoms with Gasteiger partial charge in [-0.25, -0.2) is 4.98 Å². The third-order valence-electron chi connectivity index (χ3n) is 3.38. The highest BCUT2D eigenvalue weighted by Gasteiger charge is 2.17. The Morgan fingerprint density at radius 3 is 3.04 bits per heavy atom. The Morgan fingerprint density at radius 1 is 1.42 bits per heavy atom. The first-order valence-electron chi connectivity index (χ1n) is 7.71. The Balaban J connectivity index is 1.49. The molecule has 1 atom stereocenters. The minimum absolute atomic E-state index is 0.0237. The van der Waals surface area contributed by atoms with Crippen LogP contribution in [0.1, 0.15) is 36.6 Å². The summed E-state index contributed by atoms with van der Waals surface area (Å²) in [4.78, 5) is 16.7. The van der Waals surface area contributed by atoms with Crippen molar-refractivity contribution in [3.05, 3.63) is 35.1 Å². The molecule has 3 aromatic rings. The molecule has 2 N–H and O–H groups in total. The average Bonchev–Trinajstić information content (AvgIpc) is 3.23. The van der Waals surface area contributed by atoms with Crippen molar-refractivity contribution in [3.8, 4) is 0 Å². The predicted molar refractivity (Wildman–Crippen MR) is 95.8 cm³/mol. The molecule has 1 amide bonds. The fourth-order valence-corrected chi connectivity index (χ4v) is 4.18. The fraction of sp³-hybridized carbons (Fsp3) is 0.400. The lowest BCUT2D eigenvalue weighted by Crippen LogP contribution is -2.30. The van der Waals surface area contributed by atoms with Gasteiger partial charge in [0, 0.05) is 5.75 Å². The number of benzene rings is 1. The summed E-state index contributed by atoms with van der Waals surface area (Å²) in [5, 5.41) is 17.9. The Morgan fingerprint density at radius 2 is 2.29 bits per heavy atom. The number of para-hydroxylation sites is 1. The van der Waals surface area contributed by atoms with Gasteiger partial charge in [0.05, 0.1) is 22.0 Å². The number of thiazole rings is 1. The number of carbonyl (C=O) groups excluding carboxylic acids is 1. The van der Waals surface area contributed by atoms with Gasteiger partial charge >= 0.3 is 0 Å². The molecule has 24 heavy (non-hydrogen) atoms. The molecule has 7 nitrogen and oxygen atoms in total. The number of nitrogens with zero attached hydrogens (tertiary/aromatic N) is 4. The van der Waals surface area contributed by atoms with E-state index in [1.54, 1.807) is 23.1 Å². The molecule has 1 aromatic carbocycles. The molecule has 2 heterocycles. The summed E-state index contributed by atoms with van der Waals surface area (Å²) in [6, 6.07) is 7.88. The van der Waals surface area contributed by atoms with E-state index in [4.69, 9.17) is 0 Å². The minimum Gasteiger partial charge on any atom is -0.345 e. The monoisotopic (exact) mass is 362 g/mol. The van der Waals surface area contributed by atoms with E-state index in [2.05, 4.69) is 43.9 Å². The second kappa shape index (κ2) is 8.20. The quantitative estimate of drug-likeness (QED) is 0.639. The molecule has 0 aliphatic carbocycles. The van der Waals surface area contributed by atoms with Gasteiger partial charge in [-0.15, -0.1) is 33.3 Å². The predicted octanol–water partition coefficient (Wildman–Crippen LogP) is 2.70. The number of aromatic amines is 1. The van der Waals surface area contributed by atoms with Crippen molar-refractivity contribution < 1.29 is 4.79 Å². The molecule has 0 bridgehead atoms. The van der Waals surface area contributed by atoms with Crippen molar-refractivity contribution in [2.24, 2.45) is 0 Å². The number of fused-ring (bicyclic) bond motifs is 1. The van der Waals surface area contributed by atoms with Crippen LogP contribution in [0.2, 0.25) is 0 Å². The summed E-state index contributed by atoms with van der Waals surface area (Å²) in [5.74, 6) is 1.62. The fourth-order valence-electron chi connectivity index (χ4n) is 2.32. The van der Waals surface area contributed by atoms with Crippen molar-refractivity contribution in [2.75, 3.05) is 5.75 Å². The first kappa shape index (κ1) is 16.8. The van der Waals surface area contributed by atoms with Crippen LogP contribution in [0.4, 0.5) is 0 Å². The molecule has 2 aromatic heterocycles. The zero-order chi connectivity index (χ0) is 16.8. The van der Waals surface area contributed by atoms with E-state index in [9.17, 15) is 4.79 Å². The third-order valence-corrected chi connectivity index (χ3v) is 5.55. The maximum Gasteiger partial charge on any atom is 0.230 e. The Kier molecular flexibility index (Phi) is 5.76. The smallest absolute Gasteiger partial charge is 0.230 e. The molecule has 0 aliphatic rings. The van der Waals surface area contributed by atoms with Crippen molar-refractivity contribution >= 4 is 39.2 Å². The number of rotatable bonds is 8. The number of tetrazole rings is 1. The topological polar surface area (TPSA) is 96.5 Å². The molecule has 0 saturated carbocycles. The van der Waals surface area contributed by atoms with Crippen LogP contribution in [0.5, 0.6) is 0 Å². The zero-order valence-electron chi connectivity index (χ0n) is 13.2. The summed E-state index contributed by atoms with van der Waals surface area (Å²) in [7, 11) is 0. The van der Waals surface area contributed by atoms with Crippen LogP contribution in [-0.4, -0.2) is 37.3 Å². The van der Waals surface area contributed by atoms with E-state index in [1.165, 1.54) is 4.70 Å². The summed E-state index contributed by atoms with van der Waals surface area (Å²) in [6.07, 6.45) is 1.71. The van der Waals surface area contributed by atoms with E-state index in [-0.39, 0.29) is 11.9 Å². The molecule has 0 saturated heterocycles. The summed E-state index contributed by atoms with van der Waals surface area (Å²) in [6.45, 7) is 2.06. The SMILES string of the molecule is CCCC(NC(=O)CSCc1nc2ccccc2s1)c1nn[nH]n1. The molecular weight excluding hydrogens is 344 g/mol. The molecular formula is C15H18N6OS2. The first-order chi connectivity index (χ1) is 11.8. The van der Waals surface area contributed by atoms with Gasteiger partial charge in [0.1, 0.15) is 5.01 Å². The first-order valence-corrected chi connectivity index (χ1v) is 9.68. The second-order valence-electron chi connectivity index (χ2n) is 5.25. The zero-order valence-corrected chi connectivity index (χ0v) is 14.9. The highest BCUT2D eigenvalue weighted by Crippen LogP contribution is 2.24. The average molecular weight is 362 g/mol.